The summed E-state index contributed by atoms with van der Waals surface area (Å²) in [4.78, 5) is 62.7. The molecule has 10 aliphatic heterocycles. The third-order valence-electron chi connectivity index (χ3n) is 17.6. The van der Waals surface area contributed by atoms with E-state index in [1.807, 2.05) is 38.1 Å². The Morgan fingerprint density at radius 3 is 1.48 bits per heavy atom. The van der Waals surface area contributed by atoms with E-state index < -0.39 is 66.4 Å². The summed E-state index contributed by atoms with van der Waals surface area (Å²) in [5, 5.41) is 8.20. The van der Waals surface area contributed by atoms with Crippen LogP contribution in [0.25, 0.3) is 0 Å². The number of piperidine rings is 2. The highest BCUT2D eigenvalue weighted by molar-refractivity contribution is 7.89. The molecule has 10 heterocycles. The zero-order valence-corrected chi connectivity index (χ0v) is 53.0. The van der Waals surface area contributed by atoms with Crippen molar-refractivity contribution in [1.29, 1.82) is 0 Å². The number of carbonyl (C=O) groups is 4. The zero-order chi connectivity index (χ0) is 65.4. The van der Waals surface area contributed by atoms with Crippen LogP contribution in [-0.4, -0.2) is 148 Å². The summed E-state index contributed by atoms with van der Waals surface area (Å²) in [6.45, 7) is 5.44. The summed E-state index contributed by atoms with van der Waals surface area (Å²) in [7, 11) is -5.58. The van der Waals surface area contributed by atoms with Gasteiger partial charge in [-0.25, -0.2) is 25.4 Å². The number of aliphatic imine (C=N–C) groups is 2. The predicted octanol–water partition coefficient (Wildman–Crippen LogP) is 9.64. The van der Waals surface area contributed by atoms with Crippen molar-refractivity contribution in [3.8, 4) is 11.5 Å². The highest BCUT2D eigenvalue weighted by atomic mass is 32.2. The average molecular weight is 1310 g/mol. The second kappa shape index (κ2) is 28.8. The van der Waals surface area contributed by atoms with E-state index in [9.17, 15) is 62.4 Å². The third-order valence-corrected chi connectivity index (χ3v) is 21.4. The molecule has 0 aromatic heterocycles. The van der Waals surface area contributed by atoms with E-state index in [1.165, 1.54) is 20.7 Å². The summed E-state index contributed by atoms with van der Waals surface area (Å²) < 4.78 is 150. The summed E-state index contributed by atoms with van der Waals surface area (Å²) in [5.41, 5.74) is 0.205. The predicted molar refractivity (Wildman–Crippen MR) is 332 cm³/mol. The smallest absolute Gasteiger partial charge is 0.416 e. The van der Waals surface area contributed by atoms with Crippen LogP contribution in [0.3, 0.4) is 0 Å². The Hall–Kier alpha value is -7.16. The first-order valence-electron chi connectivity index (χ1n) is 31.0. The number of ether oxygens (including phenoxy) is 2. The monoisotopic (exact) mass is 1310 g/mol. The van der Waals surface area contributed by atoms with Gasteiger partial charge in [0.05, 0.1) is 35.8 Å². The number of alkyl halides is 6. The second-order valence-electron chi connectivity index (χ2n) is 24.1. The molecule has 2 spiro atoms. The van der Waals surface area contributed by atoms with Gasteiger partial charge in [-0.05, 0) is 174 Å². The quantitative estimate of drug-likeness (QED) is 0.112. The number of aryl methyl sites for hydroxylation is 4. The summed E-state index contributed by atoms with van der Waals surface area (Å²) >= 11 is 0. The van der Waals surface area contributed by atoms with Gasteiger partial charge in [0.1, 0.15) is 34.2 Å². The lowest BCUT2D eigenvalue weighted by Gasteiger charge is -2.34. The first kappa shape index (κ1) is 68.2. The zero-order valence-electron chi connectivity index (χ0n) is 51.4. The Balaban J connectivity index is 0.000000215. The largest absolute Gasteiger partial charge is 0.494 e. The lowest BCUT2D eigenvalue weighted by atomic mass is 9.89. The van der Waals surface area contributed by atoms with Crippen molar-refractivity contribution in [3.05, 3.63) is 141 Å². The SMILES string of the molecule is Cc1cc2ccc1CCS(=O)(=O)N1CCC3(CC1)N=C(NC3=O)c1cc(cc(C(F)(F)F)c1)OCCC=CCCCCNC2=O.Cc1cc2ccc1CCS(=O)(=O)N1CCC3(CC1)N=C(NC3=O)c1cc(cc(C(F)(F)F)c1)OCCCCCCCCN(C)C2=O. The number of nitrogens with zero attached hydrogens (tertiary/aromatic N) is 5. The molecule has 0 atom stereocenters. The number of nitrogens with one attached hydrogen (secondary N) is 3. The van der Waals surface area contributed by atoms with E-state index in [0.717, 1.165) is 97.9 Å². The molecule has 14 rings (SSSR count). The fraction of sp³-hybridized carbons (Fsp3) is 0.508. The summed E-state index contributed by atoms with van der Waals surface area (Å²) in [6.07, 6.45) is 3.61. The Kier molecular flexibility index (Phi) is 21.6. The minimum absolute atomic E-state index is 0.00376. The molecular formula is C65H78F6N8O10S2. The fourth-order valence-electron chi connectivity index (χ4n) is 12.0. The number of benzene rings is 4. The average Bonchev–Trinajstić information content (AvgIpc) is 1.79. The molecular weight excluding hydrogens is 1230 g/mol. The Morgan fingerprint density at radius 1 is 0.516 bits per heavy atom. The van der Waals surface area contributed by atoms with Crippen LogP contribution in [0.2, 0.25) is 0 Å². The molecule has 3 N–H and O–H groups in total. The van der Waals surface area contributed by atoms with Crippen molar-refractivity contribution < 1.29 is 71.8 Å². The maximum absolute atomic E-state index is 13.8. The van der Waals surface area contributed by atoms with Crippen LogP contribution < -0.4 is 25.4 Å². The van der Waals surface area contributed by atoms with Gasteiger partial charge < -0.3 is 30.3 Å². The number of amides is 4. The number of amidine groups is 2. The molecule has 4 aromatic rings. The van der Waals surface area contributed by atoms with E-state index in [2.05, 4.69) is 25.9 Å². The van der Waals surface area contributed by atoms with Crippen molar-refractivity contribution >= 4 is 55.3 Å². The molecule has 10 aliphatic rings. The number of halogens is 6. The highest BCUT2D eigenvalue weighted by Gasteiger charge is 2.49. The number of rotatable bonds is 0. The van der Waals surface area contributed by atoms with Gasteiger partial charge in [0, 0.05) is 68.6 Å². The van der Waals surface area contributed by atoms with Crippen molar-refractivity contribution in [2.24, 2.45) is 9.98 Å². The number of carbonyl (C=O) groups excluding carboxylic acids is 4. The minimum Gasteiger partial charge on any atom is -0.494 e. The van der Waals surface area contributed by atoms with Crippen molar-refractivity contribution in [2.45, 2.75) is 140 Å². The molecule has 492 valence electrons. The number of fused-ring (bicyclic) bond motifs is 4. The second-order valence-corrected chi connectivity index (χ2v) is 28.3. The van der Waals surface area contributed by atoms with Crippen LogP contribution in [0.15, 0.2) is 94.9 Å². The van der Waals surface area contributed by atoms with E-state index in [-0.39, 0.29) is 136 Å². The standard InChI is InChI=1S/C33H41F3N4O5S.C32H37F3N4O5S/c1-23-19-25-10-9-24(23)11-18-46(43,44)40-15-12-32(13-16-40)31(42)37-29(38-32)26-20-27(33(34,35)36)22-28(21-26)45-17-8-6-4-3-5-7-14-39(2)30(25)41;1-22-18-24-9-8-23(22)10-17-45(42,43)39-14-11-31(12-15-39)30(41)37-28(38-31)25-19-26(32(33,34)35)21-27(20-25)44-16-7-5-3-2-4-6-13-36-29(24)40/h9-10,19-22H,3-8,11-18H2,1-2H3,(H,37,38,42);3,5,8-9,18-21H,2,4,6-7,10-17H2,1H3,(H,36,40)(H,37,38,41). The number of hydrogen-bond acceptors (Lipinski definition) is 12. The lowest BCUT2D eigenvalue weighted by molar-refractivity contribution is -0.138. The normalized spacial score (nSPS) is 24.9. The summed E-state index contributed by atoms with van der Waals surface area (Å²) in [6, 6.07) is 17.2. The molecule has 0 aliphatic carbocycles. The van der Waals surface area contributed by atoms with Crippen LogP contribution in [0.5, 0.6) is 11.5 Å². The van der Waals surface area contributed by atoms with E-state index in [4.69, 9.17) is 9.47 Å². The maximum Gasteiger partial charge on any atom is 0.416 e. The third kappa shape index (κ3) is 17.1. The van der Waals surface area contributed by atoms with Gasteiger partial charge in [0.25, 0.3) is 23.6 Å². The van der Waals surface area contributed by atoms with Crippen molar-refractivity contribution in [2.75, 3.05) is 71.0 Å². The molecule has 18 nitrogen and oxygen atoms in total. The van der Waals surface area contributed by atoms with Gasteiger partial charge in [-0.3, -0.25) is 29.2 Å². The summed E-state index contributed by atoms with van der Waals surface area (Å²) in [5.74, 6) is -1.40. The maximum atomic E-state index is 13.8. The van der Waals surface area contributed by atoms with Gasteiger partial charge in [0.15, 0.2) is 0 Å². The van der Waals surface area contributed by atoms with Crippen LogP contribution in [0, 0.1) is 13.8 Å². The van der Waals surface area contributed by atoms with E-state index >= 15 is 0 Å². The Bertz CT molecular complexity index is 3690. The molecule has 4 amide bonds. The van der Waals surface area contributed by atoms with Gasteiger partial charge in [-0.1, -0.05) is 50.0 Å². The number of hydrogen-bond donors (Lipinski definition) is 3. The molecule has 0 unspecified atom stereocenters. The molecule has 91 heavy (non-hydrogen) atoms. The van der Waals surface area contributed by atoms with Crippen LogP contribution in [0.4, 0.5) is 26.3 Å². The first-order valence-corrected chi connectivity index (χ1v) is 34.2. The molecule has 14 bridgehead atoms. The molecule has 2 saturated heterocycles. The van der Waals surface area contributed by atoms with Gasteiger partial charge in [0.2, 0.25) is 20.0 Å². The fourth-order valence-corrected chi connectivity index (χ4v) is 15.0. The molecule has 4 aromatic carbocycles. The topological polar surface area (TPSA) is 226 Å². The highest BCUT2D eigenvalue weighted by Crippen LogP contribution is 2.39. The lowest BCUT2D eigenvalue weighted by Crippen LogP contribution is -2.50. The molecule has 26 heteroatoms. The molecule has 0 saturated carbocycles. The molecule has 2 fully saturated rings. The van der Waals surface area contributed by atoms with Crippen LogP contribution in [-0.2, 0) is 54.8 Å². The number of sulfonamides is 2. The van der Waals surface area contributed by atoms with Gasteiger partial charge >= 0.3 is 12.4 Å². The Labute approximate surface area is 527 Å². The molecule has 0 radical (unpaired) electrons. The van der Waals surface area contributed by atoms with Crippen LogP contribution in [0.1, 0.15) is 155 Å². The van der Waals surface area contributed by atoms with Gasteiger partial charge in [-0.2, -0.15) is 26.3 Å². The Morgan fingerprint density at radius 2 is 0.978 bits per heavy atom. The first-order chi connectivity index (χ1) is 43.1. The van der Waals surface area contributed by atoms with Crippen molar-refractivity contribution in [1.82, 2.24) is 29.5 Å². The minimum atomic E-state index is -4.64. The van der Waals surface area contributed by atoms with E-state index in [1.54, 1.807) is 36.2 Å². The van der Waals surface area contributed by atoms with E-state index in [0.29, 0.717) is 37.1 Å². The van der Waals surface area contributed by atoms with Gasteiger partial charge in [-0.15, -0.1) is 0 Å². The van der Waals surface area contributed by atoms with Crippen molar-refractivity contribution in [3.63, 3.8) is 0 Å². The number of allylic oxidation sites excluding steroid dienone is 1. The van der Waals surface area contributed by atoms with Crippen LogP contribution >= 0.6 is 0 Å².